The second kappa shape index (κ2) is 8.36. The molecule has 1 amide bonds. The van der Waals surface area contributed by atoms with E-state index in [0.717, 1.165) is 11.4 Å². The van der Waals surface area contributed by atoms with Crippen molar-refractivity contribution >= 4 is 34.6 Å². The zero-order chi connectivity index (χ0) is 18.4. The Morgan fingerprint density at radius 3 is 2.46 bits per heavy atom. The number of halogens is 1. The van der Waals surface area contributed by atoms with E-state index >= 15 is 0 Å². The summed E-state index contributed by atoms with van der Waals surface area (Å²) in [4.78, 5) is 16.6. The van der Waals surface area contributed by atoms with E-state index in [2.05, 4.69) is 15.6 Å². The van der Waals surface area contributed by atoms with Gasteiger partial charge in [-0.15, -0.1) is 0 Å². The van der Waals surface area contributed by atoms with Gasteiger partial charge in [-0.05, 0) is 55.5 Å². The van der Waals surface area contributed by atoms with Crippen LogP contribution < -0.4 is 15.4 Å². The summed E-state index contributed by atoms with van der Waals surface area (Å²) in [7, 11) is 0. The van der Waals surface area contributed by atoms with Crippen molar-refractivity contribution in [2.45, 2.75) is 6.92 Å². The number of hydrogen-bond donors (Lipinski definition) is 2. The third kappa shape index (κ3) is 4.52. The van der Waals surface area contributed by atoms with Crippen molar-refractivity contribution in [3.8, 4) is 5.75 Å². The van der Waals surface area contributed by atoms with E-state index in [0.29, 0.717) is 28.8 Å². The van der Waals surface area contributed by atoms with E-state index in [1.54, 1.807) is 36.5 Å². The Kier molecular flexibility index (Phi) is 5.71. The minimum absolute atomic E-state index is 0.296. The number of amides is 1. The van der Waals surface area contributed by atoms with Crippen LogP contribution in [0, 0.1) is 0 Å². The molecule has 0 radical (unpaired) electrons. The van der Waals surface area contributed by atoms with Gasteiger partial charge in [0.25, 0.3) is 5.91 Å². The van der Waals surface area contributed by atoms with Crippen LogP contribution in [0.5, 0.6) is 5.75 Å². The first-order valence-electron chi connectivity index (χ1n) is 8.17. The molecule has 0 fully saturated rings. The summed E-state index contributed by atoms with van der Waals surface area (Å²) in [5.41, 5.74) is 2.60. The van der Waals surface area contributed by atoms with Gasteiger partial charge < -0.3 is 15.4 Å². The van der Waals surface area contributed by atoms with Crippen LogP contribution in [0.15, 0.2) is 66.9 Å². The summed E-state index contributed by atoms with van der Waals surface area (Å²) in [5, 5.41) is 6.70. The Labute approximate surface area is 157 Å². The fourth-order valence-electron chi connectivity index (χ4n) is 2.34. The van der Waals surface area contributed by atoms with Gasteiger partial charge in [0, 0.05) is 10.7 Å². The number of ether oxygens (including phenoxy) is 1. The maximum Gasteiger partial charge on any atom is 0.274 e. The highest BCUT2D eigenvalue weighted by Crippen LogP contribution is 2.24. The molecule has 0 spiro atoms. The monoisotopic (exact) mass is 367 g/mol. The van der Waals surface area contributed by atoms with E-state index in [1.807, 2.05) is 37.3 Å². The van der Waals surface area contributed by atoms with Crippen LogP contribution in [-0.2, 0) is 0 Å². The van der Waals surface area contributed by atoms with E-state index in [9.17, 15) is 4.79 Å². The van der Waals surface area contributed by atoms with Crippen LogP contribution in [0.2, 0.25) is 5.02 Å². The molecule has 1 aromatic heterocycles. The van der Waals surface area contributed by atoms with Crippen molar-refractivity contribution in [1.82, 2.24) is 4.98 Å². The van der Waals surface area contributed by atoms with Crippen molar-refractivity contribution in [3.63, 3.8) is 0 Å². The van der Waals surface area contributed by atoms with Crippen molar-refractivity contribution in [2.24, 2.45) is 0 Å². The minimum Gasteiger partial charge on any atom is -0.492 e. The van der Waals surface area contributed by atoms with Crippen LogP contribution >= 0.6 is 11.6 Å². The summed E-state index contributed by atoms with van der Waals surface area (Å²) < 4.78 is 5.51. The van der Waals surface area contributed by atoms with Crippen molar-refractivity contribution < 1.29 is 9.53 Å². The maximum absolute atomic E-state index is 12.4. The van der Waals surface area contributed by atoms with Gasteiger partial charge in [-0.2, -0.15) is 0 Å². The number of carbonyl (C=O) groups is 1. The smallest absolute Gasteiger partial charge is 0.274 e. The fourth-order valence-corrected chi connectivity index (χ4v) is 2.47. The van der Waals surface area contributed by atoms with Gasteiger partial charge in [-0.25, -0.2) is 4.98 Å². The number of hydrogen-bond acceptors (Lipinski definition) is 4. The molecule has 2 N–H and O–H groups in total. The molecular formula is C20H18ClN3O2. The summed E-state index contributed by atoms with van der Waals surface area (Å²) in [6.45, 7) is 2.42. The van der Waals surface area contributed by atoms with Gasteiger partial charge in [0.1, 0.15) is 11.4 Å². The first kappa shape index (κ1) is 17.8. The minimum atomic E-state index is -0.296. The first-order chi connectivity index (χ1) is 12.7. The quantitative estimate of drug-likeness (QED) is 0.634. The number of nitrogens with one attached hydrogen (secondary N) is 2. The van der Waals surface area contributed by atoms with Gasteiger partial charge in [0.05, 0.1) is 24.2 Å². The number of carbonyl (C=O) groups excluding carboxylic acids is 1. The predicted molar refractivity (Wildman–Crippen MR) is 105 cm³/mol. The molecule has 0 bridgehead atoms. The number of aromatic nitrogens is 1. The summed E-state index contributed by atoms with van der Waals surface area (Å²) in [5.74, 6) is 0.333. The third-order valence-corrected chi connectivity index (χ3v) is 3.82. The summed E-state index contributed by atoms with van der Waals surface area (Å²) in [6, 6.07) is 18.1. The molecule has 3 rings (SSSR count). The number of rotatable bonds is 6. The second-order valence-corrected chi connectivity index (χ2v) is 5.88. The summed E-state index contributed by atoms with van der Waals surface area (Å²) >= 11 is 5.87. The molecule has 0 aliphatic rings. The average Bonchev–Trinajstić information content (AvgIpc) is 2.66. The van der Waals surface area contributed by atoms with E-state index < -0.39 is 0 Å². The third-order valence-electron chi connectivity index (χ3n) is 3.56. The number of anilines is 3. The van der Waals surface area contributed by atoms with Crippen LogP contribution in [0.25, 0.3) is 0 Å². The molecule has 0 aliphatic heterocycles. The lowest BCUT2D eigenvalue weighted by Gasteiger charge is -2.11. The SMILES string of the molecule is CCOc1ccccc1NC(=O)c1ccc(Nc2ccc(Cl)cc2)cn1. The molecule has 0 saturated heterocycles. The first-order valence-corrected chi connectivity index (χ1v) is 8.55. The Balaban J connectivity index is 1.68. The van der Waals surface area contributed by atoms with Crippen molar-refractivity contribution in [2.75, 3.05) is 17.2 Å². The summed E-state index contributed by atoms with van der Waals surface area (Å²) in [6.07, 6.45) is 1.61. The molecule has 0 saturated carbocycles. The highest BCUT2D eigenvalue weighted by molar-refractivity contribution is 6.30. The lowest BCUT2D eigenvalue weighted by Crippen LogP contribution is -2.14. The topological polar surface area (TPSA) is 63.2 Å². The van der Waals surface area contributed by atoms with Crippen LogP contribution in [0.3, 0.4) is 0 Å². The van der Waals surface area contributed by atoms with Crippen LogP contribution in [0.1, 0.15) is 17.4 Å². The lowest BCUT2D eigenvalue weighted by atomic mass is 10.2. The van der Waals surface area contributed by atoms with E-state index in [1.165, 1.54) is 0 Å². The fraction of sp³-hybridized carbons (Fsp3) is 0.100. The van der Waals surface area contributed by atoms with Gasteiger partial charge in [0.15, 0.2) is 0 Å². The molecule has 2 aromatic carbocycles. The molecule has 1 heterocycles. The molecule has 0 unspecified atom stereocenters. The normalized spacial score (nSPS) is 10.2. The Morgan fingerprint density at radius 2 is 1.77 bits per heavy atom. The van der Waals surface area contributed by atoms with E-state index in [4.69, 9.17) is 16.3 Å². The molecule has 26 heavy (non-hydrogen) atoms. The molecule has 0 aliphatic carbocycles. The van der Waals surface area contributed by atoms with Crippen molar-refractivity contribution in [1.29, 1.82) is 0 Å². The standard InChI is InChI=1S/C20H18ClN3O2/c1-2-26-19-6-4-3-5-17(19)24-20(25)18-12-11-16(13-22-18)23-15-9-7-14(21)8-10-15/h3-13,23H,2H2,1H3,(H,24,25). The largest absolute Gasteiger partial charge is 0.492 e. The molecular weight excluding hydrogens is 350 g/mol. The average molecular weight is 368 g/mol. The molecule has 0 atom stereocenters. The number of benzene rings is 2. The Hall–Kier alpha value is -3.05. The Bertz CT molecular complexity index is 880. The number of para-hydroxylation sites is 2. The van der Waals surface area contributed by atoms with E-state index in [-0.39, 0.29) is 5.91 Å². The predicted octanol–water partition coefficient (Wildman–Crippen LogP) is 5.13. The number of nitrogens with zero attached hydrogens (tertiary/aromatic N) is 1. The molecule has 3 aromatic rings. The highest BCUT2D eigenvalue weighted by atomic mass is 35.5. The van der Waals surface area contributed by atoms with Crippen molar-refractivity contribution in [3.05, 3.63) is 77.6 Å². The Morgan fingerprint density at radius 1 is 1.04 bits per heavy atom. The van der Waals surface area contributed by atoms with Crippen LogP contribution in [0.4, 0.5) is 17.1 Å². The van der Waals surface area contributed by atoms with Gasteiger partial charge in [0.2, 0.25) is 0 Å². The maximum atomic E-state index is 12.4. The molecule has 6 heteroatoms. The lowest BCUT2D eigenvalue weighted by molar-refractivity contribution is 0.102. The zero-order valence-electron chi connectivity index (χ0n) is 14.2. The van der Waals surface area contributed by atoms with Gasteiger partial charge >= 0.3 is 0 Å². The van der Waals surface area contributed by atoms with Gasteiger partial charge in [-0.3, -0.25) is 4.79 Å². The highest BCUT2D eigenvalue weighted by Gasteiger charge is 2.11. The second-order valence-electron chi connectivity index (χ2n) is 5.45. The molecule has 5 nitrogen and oxygen atoms in total. The molecule has 132 valence electrons. The van der Waals surface area contributed by atoms with Gasteiger partial charge in [-0.1, -0.05) is 23.7 Å². The number of pyridine rings is 1. The van der Waals surface area contributed by atoms with Crippen LogP contribution in [-0.4, -0.2) is 17.5 Å². The zero-order valence-corrected chi connectivity index (χ0v) is 15.0.